The first-order valence-corrected chi connectivity index (χ1v) is 7.15. The normalized spacial score (nSPS) is 19.4. The molecule has 0 amide bonds. The third-order valence-electron chi connectivity index (χ3n) is 4.06. The maximum atomic E-state index is 13.2. The highest BCUT2D eigenvalue weighted by molar-refractivity contribution is 5.30. The SMILES string of the molecule is CC(NC1CCc2ccccc2C1)c1cncc(F)c1. The second kappa shape index (κ2) is 5.71. The molecule has 104 valence electrons. The molecule has 1 aliphatic rings. The van der Waals surface area contributed by atoms with Crippen molar-refractivity contribution in [2.75, 3.05) is 0 Å². The molecule has 2 atom stereocenters. The lowest BCUT2D eigenvalue weighted by Crippen LogP contribution is -2.36. The summed E-state index contributed by atoms with van der Waals surface area (Å²) in [6.07, 6.45) is 6.26. The van der Waals surface area contributed by atoms with Crippen molar-refractivity contribution in [3.63, 3.8) is 0 Å². The van der Waals surface area contributed by atoms with Crippen LogP contribution < -0.4 is 5.32 Å². The molecule has 3 rings (SSSR count). The smallest absolute Gasteiger partial charge is 0.141 e. The molecule has 0 spiro atoms. The Bertz CT molecular complexity index is 597. The van der Waals surface area contributed by atoms with Crippen LogP contribution in [0.2, 0.25) is 0 Å². The fraction of sp³-hybridized carbons (Fsp3) is 0.353. The lowest BCUT2D eigenvalue weighted by Gasteiger charge is -2.28. The van der Waals surface area contributed by atoms with Crippen molar-refractivity contribution in [2.45, 2.75) is 38.3 Å². The lowest BCUT2D eigenvalue weighted by molar-refractivity contribution is 0.412. The van der Waals surface area contributed by atoms with Gasteiger partial charge < -0.3 is 5.32 Å². The highest BCUT2D eigenvalue weighted by Crippen LogP contribution is 2.23. The molecule has 1 aromatic heterocycles. The average Bonchev–Trinajstić information content (AvgIpc) is 2.47. The van der Waals surface area contributed by atoms with Crippen LogP contribution in [0.5, 0.6) is 0 Å². The molecule has 2 aromatic rings. The fourth-order valence-corrected chi connectivity index (χ4v) is 2.95. The summed E-state index contributed by atoms with van der Waals surface area (Å²) in [5.74, 6) is -0.273. The summed E-state index contributed by atoms with van der Waals surface area (Å²) in [5.41, 5.74) is 3.80. The van der Waals surface area contributed by atoms with Gasteiger partial charge in [0.05, 0.1) is 6.20 Å². The first kappa shape index (κ1) is 13.3. The Balaban J connectivity index is 1.67. The number of benzene rings is 1. The van der Waals surface area contributed by atoms with Crippen LogP contribution in [0.1, 0.15) is 36.1 Å². The summed E-state index contributed by atoms with van der Waals surface area (Å²) in [5, 5.41) is 3.60. The van der Waals surface area contributed by atoms with Gasteiger partial charge in [-0.2, -0.15) is 0 Å². The van der Waals surface area contributed by atoms with E-state index in [9.17, 15) is 4.39 Å². The van der Waals surface area contributed by atoms with Gasteiger partial charge in [0.15, 0.2) is 0 Å². The minimum atomic E-state index is -0.273. The van der Waals surface area contributed by atoms with E-state index in [0.717, 1.165) is 24.8 Å². The molecule has 3 heteroatoms. The van der Waals surface area contributed by atoms with Crippen molar-refractivity contribution in [1.82, 2.24) is 10.3 Å². The van der Waals surface area contributed by atoms with Gasteiger partial charge in [-0.15, -0.1) is 0 Å². The summed E-state index contributed by atoms with van der Waals surface area (Å²) in [6.45, 7) is 2.07. The topological polar surface area (TPSA) is 24.9 Å². The first-order valence-electron chi connectivity index (χ1n) is 7.15. The molecular formula is C17H19FN2. The second-order valence-corrected chi connectivity index (χ2v) is 5.53. The fourth-order valence-electron chi connectivity index (χ4n) is 2.95. The number of aryl methyl sites for hydroxylation is 1. The quantitative estimate of drug-likeness (QED) is 0.924. The van der Waals surface area contributed by atoms with Crippen LogP contribution in [0, 0.1) is 5.82 Å². The van der Waals surface area contributed by atoms with E-state index in [4.69, 9.17) is 0 Å². The zero-order valence-corrected chi connectivity index (χ0v) is 11.6. The number of hydrogen-bond acceptors (Lipinski definition) is 2. The number of fused-ring (bicyclic) bond motifs is 1. The van der Waals surface area contributed by atoms with Gasteiger partial charge in [-0.3, -0.25) is 4.98 Å². The van der Waals surface area contributed by atoms with Crippen LogP contribution in [-0.2, 0) is 12.8 Å². The molecule has 0 saturated heterocycles. The Kier molecular flexibility index (Phi) is 3.79. The first-order chi connectivity index (χ1) is 9.72. The molecule has 1 aliphatic carbocycles. The summed E-state index contributed by atoms with van der Waals surface area (Å²) < 4.78 is 13.2. The molecule has 2 unspecified atom stereocenters. The van der Waals surface area contributed by atoms with E-state index in [-0.39, 0.29) is 11.9 Å². The monoisotopic (exact) mass is 270 g/mol. The van der Waals surface area contributed by atoms with E-state index in [0.29, 0.717) is 6.04 Å². The van der Waals surface area contributed by atoms with E-state index in [1.54, 1.807) is 12.3 Å². The Labute approximate surface area is 119 Å². The highest BCUT2D eigenvalue weighted by atomic mass is 19.1. The number of hydrogen-bond donors (Lipinski definition) is 1. The minimum absolute atomic E-state index is 0.119. The summed E-state index contributed by atoms with van der Waals surface area (Å²) >= 11 is 0. The molecule has 1 aromatic carbocycles. The molecule has 0 aliphatic heterocycles. The Hall–Kier alpha value is -1.74. The number of halogens is 1. The van der Waals surface area contributed by atoms with Crippen LogP contribution in [0.25, 0.3) is 0 Å². The lowest BCUT2D eigenvalue weighted by atomic mass is 9.88. The zero-order chi connectivity index (χ0) is 13.9. The van der Waals surface area contributed by atoms with Gasteiger partial charge >= 0.3 is 0 Å². The van der Waals surface area contributed by atoms with Crippen molar-refractivity contribution in [1.29, 1.82) is 0 Å². The van der Waals surface area contributed by atoms with E-state index in [1.165, 1.54) is 17.3 Å². The van der Waals surface area contributed by atoms with E-state index >= 15 is 0 Å². The molecule has 0 bridgehead atoms. The van der Waals surface area contributed by atoms with Gasteiger partial charge in [0, 0.05) is 18.3 Å². The minimum Gasteiger partial charge on any atom is -0.307 e. The van der Waals surface area contributed by atoms with Crippen LogP contribution in [-0.4, -0.2) is 11.0 Å². The van der Waals surface area contributed by atoms with Crippen LogP contribution >= 0.6 is 0 Å². The summed E-state index contributed by atoms with van der Waals surface area (Å²) in [7, 11) is 0. The molecule has 1 heterocycles. The summed E-state index contributed by atoms with van der Waals surface area (Å²) in [6, 6.07) is 10.7. The Morgan fingerprint density at radius 3 is 2.85 bits per heavy atom. The average molecular weight is 270 g/mol. The third kappa shape index (κ3) is 2.88. The second-order valence-electron chi connectivity index (χ2n) is 5.53. The van der Waals surface area contributed by atoms with Crippen molar-refractivity contribution in [2.24, 2.45) is 0 Å². The molecule has 0 fully saturated rings. The zero-order valence-electron chi connectivity index (χ0n) is 11.6. The van der Waals surface area contributed by atoms with Crippen LogP contribution in [0.3, 0.4) is 0 Å². The Morgan fingerprint density at radius 2 is 2.05 bits per heavy atom. The van der Waals surface area contributed by atoms with E-state index in [2.05, 4.69) is 41.5 Å². The number of rotatable bonds is 3. The van der Waals surface area contributed by atoms with Crippen molar-refractivity contribution in [3.05, 3.63) is 65.2 Å². The van der Waals surface area contributed by atoms with Gasteiger partial charge in [-0.25, -0.2) is 4.39 Å². The van der Waals surface area contributed by atoms with Crippen LogP contribution in [0.15, 0.2) is 42.7 Å². The van der Waals surface area contributed by atoms with Crippen molar-refractivity contribution < 1.29 is 4.39 Å². The maximum Gasteiger partial charge on any atom is 0.141 e. The van der Waals surface area contributed by atoms with E-state index < -0.39 is 0 Å². The van der Waals surface area contributed by atoms with Gasteiger partial charge in [-0.1, -0.05) is 24.3 Å². The van der Waals surface area contributed by atoms with Crippen LogP contribution in [0.4, 0.5) is 4.39 Å². The summed E-state index contributed by atoms with van der Waals surface area (Å²) in [4.78, 5) is 3.92. The van der Waals surface area contributed by atoms with Gasteiger partial charge in [0.2, 0.25) is 0 Å². The van der Waals surface area contributed by atoms with Gasteiger partial charge in [0.25, 0.3) is 0 Å². The number of nitrogens with zero attached hydrogens (tertiary/aromatic N) is 1. The Morgan fingerprint density at radius 1 is 1.25 bits per heavy atom. The molecule has 1 N–H and O–H groups in total. The largest absolute Gasteiger partial charge is 0.307 e. The van der Waals surface area contributed by atoms with Gasteiger partial charge in [0.1, 0.15) is 5.82 Å². The van der Waals surface area contributed by atoms with Crippen molar-refractivity contribution in [3.8, 4) is 0 Å². The van der Waals surface area contributed by atoms with E-state index in [1.807, 2.05) is 0 Å². The number of pyridine rings is 1. The predicted octanol–water partition coefficient (Wildman–Crippen LogP) is 3.43. The van der Waals surface area contributed by atoms with Crippen molar-refractivity contribution >= 4 is 0 Å². The number of aromatic nitrogens is 1. The third-order valence-corrected chi connectivity index (χ3v) is 4.06. The standard InChI is InChI=1S/C17H19FN2/c1-12(15-8-16(18)11-19-10-15)20-17-7-6-13-4-2-3-5-14(13)9-17/h2-5,8,10-12,17,20H,6-7,9H2,1H3. The molecule has 20 heavy (non-hydrogen) atoms. The molecule has 0 radical (unpaired) electrons. The van der Waals surface area contributed by atoms with Gasteiger partial charge in [-0.05, 0) is 48.9 Å². The highest BCUT2D eigenvalue weighted by Gasteiger charge is 2.20. The maximum absolute atomic E-state index is 13.2. The molecule has 2 nitrogen and oxygen atoms in total. The molecular weight excluding hydrogens is 251 g/mol. The molecule has 0 saturated carbocycles. The number of nitrogens with one attached hydrogen (secondary N) is 1. The predicted molar refractivity (Wildman–Crippen MR) is 78.0 cm³/mol.